The average Bonchev–Trinajstić information content (AvgIpc) is 2.60. The molecule has 132 valence electrons. The van der Waals surface area contributed by atoms with E-state index in [9.17, 15) is 9.59 Å². The number of hydrogen-bond donors (Lipinski definition) is 1. The maximum Gasteiger partial charge on any atom is 0.409 e. The number of hydrogen-bond acceptors (Lipinski definition) is 3. The topological polar surface area (TPSA) is 58.6 Å². The van der Waals surface area contributed by atoms with Crippen molar-refractivity contribution in [3.8, 4) is 0 Å². The average molecular weight is 373 g/mol. The van der Waals surface area contributed by atoms with Crippen molar-refractivity contribution in [1.29, 1.82) is 0 Å². The number of piperidine rings is 1. The van der Waals surface area contributed by atoms with Crippen LogP contribution in [0.15, 0.2) is 24.3 Å². The van der Waals surface area contributed by atoms with Crippen molar-refractivity contribution in [3.05, 3.63) is 34.9 Å². The number of aryl methyl sites for hydroxylation is 1. The summed E-state index contributed by atoms with van der Waals surface area (Å²) < 4.78 is 5.00. The molecule has 1 heterocycles. The van der Waals surface area contributed by atoms with E-state index in [0.717, 1.165) is 18.4 Å². The van der Waals surface area contributed by atoms with Gasteiger partial charge in [0.25, 0.3) is 0 Å². The third kappa shape index (κ3) is 6.21. The molecule has 1 N–H and O–H groups in total. The second-order valence-corrected chi connectivity index (χ2v) is 6.57. The number of ether oxygens (including phenoxy) is 1. The normalized spacial score (nSPS) is 15.2. The van der Waals surface area contributed by atoms with Crippen LogP contribution < -0.4 is 5.32 Å². The fourth-order valence-electron chi connectivity index (χ4n) is 2.63. The van der Waals surface area contributed by atoms with E-state index in [4.69, 9.17) is 27.9 Å². The van der Waals surface area contributed by atoms with Gasteiger partial charge in [-0.3, -0.25) is 4.79 Å². The maximum atomic E-state index is 12.1. The van der Waals surface area contributed by atoms with Crippen LogP contribution in [0.4, 0.5) is 4.79 Å². The lowest BCUT2D eigenvalue weighted by Gasteiger charge is -2.31. The Kier molecular flexibility index (Phi) is 7.66. The van der Waals surface area contributed by atoms with Crippen molar-refractivity contribution in [1.82, 2.24) is 10.2 Å². The standard InChI is InChI=1S/C17H22Cl2N2O3/c18-9-12-24-17(23)21-10-7-15(8-11-21)20-16(22)6-3-13-1-4-14(19)5-2-13/h1-2,4-5,15H,3,6-12H2,(H,20,22). The van der Waals surface area contributed by atoms with Crippen LogP contribution >= 0.6 is 23.2 Å². The van der Waals surface area contributed by atoms with Gasteiger partial charge < -0.3 is 15.0 Å². The predicted molar refractivity (Wildman–Crippen MR) is 94.6 cm³/mol. The molecule has 1 fully saturated rings. The summed E-state index contributed by atoms with van der Waals surface area (Å²) in [5, 5.41) is 3.73. The summed E-state index contributed by atoms with van der Waals surface area (Å²) >= 11 is 11.3. The molecule has 0 aromatic heterocycles. The van der Waals surface area contributed by atoms with Gasteiger partial charge in [0.2, 0.25) is 5.91 Å². The first-order chi connectivity index (χ1) is 11.6. The smallest absolute Gasteiger partial charge is 0.409 e. The fraction of sp³-hybridized carbons (Fsp3) is 0.529. The quantitative estimate of drug-likeness (QED) is 0.779. The Morgan fingerprint density at radius 2 is 1.88 bits per heavy atom. The number of carbonyl (C=O) groups excluding carboxylic acids is 2. The van der Waals surface area contributed by atoms with Crippen LogP contribution in [0, 0.1) is 0 Å². The SMILES string of the molecule is O=C(CCc1ccc(Cl)cc1)NC1CCN(C(=O)OCCCl)CC1. The molecule has 7 heteroatoms. The molecule has 2 amide bonds. The number of benzene rings is 1. The number of halogens is 2. The van der Waals surface area contributed by atoms with Crippen molar-refractivity contribution in [2.75, 3.05) is 25.6 Å². The van der Waals surface area contributed by atoms with Gasteiger partial charge in [-0.15, -0.1) is 11.6 Å². The number of rotatable bonds is 6. The molecule has 0 bridgehead atoms. The van der Waals surface area contributed by atoms with E-state index in [-0.39, 0.29) is 24.6 Å². The van der Waals surface area contributed by atoms with Crippen LogP contribution in [0.25, 0.3) is 0 Å². The number of amides is 2. The van der Waals surface area contributed by atoms with Crippen LogP contribution in [-0.4, -0.2) is 48.5 Å². The highest BCUT2D eigenvalue weighted by Gasteiger charge is 2.24. The minimum Gasteiger partial charge on any atom is -0.448 e. The third-order valence-corrected chi connectivity index (χ3v) is 4.38. The highest BCUT2D eigenvalue weighted by molar-refractivity contribution is 6.30. The predicted octanol–water partition coefficient (Wildman–Crippen LogP) is 3.23. The number of carbonyl (C=O) groups is 2. The Balaban J connectivity index is 1.66. The van der Waals surface area contributed by atoms with Crippen LogP contribution in [0.1, 0.15) is 24.8 Å². The van der Waals surface area contributed by atoms with Crippen molar-refractivity contribution >= 4 is 35.2 Å². The Morgan fingerprint density at radius 1 is 1.21 bits per heavy atom. The second kappa shape index (κ2) is 9.74. The summed E-state index contributed by atoms with van der Waals surface area (Å²) in [6.45, 7) is 1.40. The first kappa shape index (κ1) is 18.9. The molecule has 1 aromatic carbocycles. The lowest BCUT2D eigenvalue weighted by Crippen LogP contribution is -2.46. The van der Waals surface area contributed by atoms with Gasteiger partial charge in [0.05, 0.1) is 5.88 Å². The molecule has 0 unspecified atom stereocenters. The zero-order chi connectivity index (χ0) is 17.4. The Labute approximate surface area is 152 Å². The number of alkyl halides is 1. The Bertz CT molecular complexity index is 543. The lowest BCUT2D eigenvalue weighted by molar-refractivity contribution is -0.122. The van der Waals surface area contributed by atoms with Gasteiger partial charge in [0.15, 0.2) is 0 Å². The summed E-state index contributed by atoms with van der Waals surface area (Å²) in [4.78, 5) is 25.4. The van der Waals surface area contributed by atoms with Gasteiger partial charge in [-0.2, -0.15) is 0 Å². The Morgan fingerprint density at radius 3 is 2.50 bits per heavy atom. The minimum absolute atomic E-state index is 0.0353. The van der Waals surface area contributed by atoms with Gasteiger partial charge in [0, 0.05) is 30.6 Å². The molecule has 5 nitrogen and oxygen atoms in total. The van der Waals surface area contributed by atoms with Gasteiger partial charge in [-0.1, -0.05) is 23.7 Å². The molecular formula is C17H22Cl2N2O3. The number of nitrogens with one attached hydrogen (secondary N) is 1. The number of likely N-dealkylation sites (tertiary alicyclic amines) is 1. The minimum atomic E-state index is -0.330. The summed E-state index contributed by atoms with van der Waals surface area (Å²) in [6, 6.07) is 7.63. The molecule has 0 atom stereocenters. The van der Waals surface area contributed by atoms with E-state index in [1.165, 1.54) is 0 Å². The van der Waals surface area contributed by atoms with E-state index in [1.807, 2.05) is 24.3 Å². The molecule has 0 spiro atoms. The molecule has 24 heavy (non-hydrogen) atoms. The molecule has 0 saturated carbocycles. The second-order valence-electron chi connectivity index (χ2n) is 5.76. The van der Waals surface area contributed by atoms with Crippen molar-refractivity contribution in [2.24, 2.45) is 0 Å². The highest BCUT2D eigenvalue weighted by atomic mass is 35.5. The lowest BCUT2D eigenvalue weighted by atomic mass is 10.0. The van der Waals surface area contributed by atoms with Gasteiger partial charge in [0.1, 0.15) is 6.61 Å². The number of nitrogens with zero attached hydrogens (tertiary/aromatic N) is 1. The van der Waals surface area contributed by atoms with E-state index >= 15 is 0 Å². The van der Waals surface area contributed by atoms with Crippen molar-refractivity contribution in [2.45, 2.75) is 31.7 Å². The summed E-state index contributed by atoms with van der Waals surface area (Å²) in [5.41, 5.74) is 1.09. The van der Waals surface area contributed by atoms with E-state index in [0.29, 0.717) is 36.8 Å². The van der Waals surface area contributed by atoms with Crippen molar-refractivity contribution in [3.63, 3.8) is 0 Å². The van der Waals surface area contributed by atoms with Crippen LogP contribution in [-0.2, 0) is 16.0 Å². The van der Waals surface area contributed by atoms with E-state index in [2.05, 4.69) is 5.32 Å². The fourth-order valence-corrected chi connectivity index (χ4v) is 2.84. The molecule has 1 saturated heterocycles. The van der Waals surface area contributed by atoms with Crippen LogP contribution in [0.2, 0.25) is 5.02 Å². The molecular weight excluding hydrogens is 351 g/mol. The summed E-state index contributed by atoms with van der Waals surface area (Å²) in [7, 11) is 0. The van der Waals surface area contributed by atoms with Crippen LogP contribution in [0.3, 0.4) is 0 Å². The maximum absolute atomic E-state index is 12.1. The molecule has 0 aliphatic carbocycles. The van der Waals surface area contributed by atoms with Crippen molar-refractivity contribution < 1.29 is 14.3 Å². The monoisotopic (exact) mass is 372 g/mol. The van der Waals surface area contributed by atoms with Gasteiger partial charge in [-0.25, -0.2) is 4.79 Å². The van der Waals surface area contributed by atoms with Gasteiger partial charge >= 0.3 is 6.09 Å². The summed E-state index contributed by atoms with van der Waals surface area (Å²) in [5.74, 6) is 0.333. The summed E-state index contributed by atoms with van der Waals surface area (Å²) in [6.07, 6.45) is 2.28. The van der Waals surface area contributed by atoms with Gasteiger partial charge in [-0.05, 0) is 37.0 Å². The molecule has 0 radical (unpaired) electrons. The van der Waals surface area contributed by atoms with E-state index in [1.54, 1.807) is 4.90 Å². The first-order valence-corrected chi connectivity index (χ1v) is 9.01. The Hall–Kier alpha value is -1.46. The van der Waals surface area contributed by atoms with Crippen LogP contribution in [0.5, 0.6) is 0 Å². The first-order valence-electron chi connectivity index (χ1n) is 8.10. The molecule has 1 aliphatic heterocycles. The largest absolute Gasteiger partial charge is 0.448 e. The highest BCUT2D eigenvalue weighted by Crippen LogP contribution is 2.13. The zero-order valence-corrected chi connectivity index (χ0v) is 15.0. The molecule has 1 aromatic rings. The van der Waals surface area contributed by atoms with E-state index < -0.39 is 0 Å². The molecule has 2 rings (SSSR count). The zero-order valence-electron chi connectivity index (χ0n) is 13.5. The third-order valence-electron chi connectivity index (χ3n) is 3.97. The molecule has 1 aliphatic rings.